The molecule has 0 radical (unpaired) electrons. The van der Waals surface area contributed by atoms with Crippen LogP contribution in [0, 0.1) is 6.92 Å². The molecule has 1 aromatic carbocycles. The van der Waals surface area contributed by atoms with Gasteiger partial charge in [-0.1, -0.05) is 15.9 Å². The summed E-state index contributed by atoms with van der Waals surface area (Å²) in [6.45, 7) is 1.81. The van der Waals surface area contributed by atoms with Crippen LogP contribution in [-0.4, -0.2) is 21.4 Å². The van der Waals surface area contributed by atoms with E-state index in [0.717, 1.165) is 14.5 Å². The summed E-state index contributed by atoms with van der Waals surface area (Å²) in [5, 5.41) is 8.95. The Labute approximate surface area is 152 Å². The van der Waals surface area contributed by atoms with Crippen LogP contribution in [0.3, 0.4) is 0 Å². The smallest absolute Gasteiger partial charge is 0.309 e. The summed E-state index contributed by atoms with van der Waals surface area (Å²) in [7, 11) is 1.71. The topological polar surface area (TPSA) is 59.3 Å². The van der Waals surface area contributed by atoms with Crippen LogP contribution in [0.25, 0.3) is 0 Å². The Balaban J connectivity index is 2.55. The molecule has 0 spiro atoms. The van der Waals surface area contributed by atoms with Crippen LogP contribution < -0.4 is 0 Å². The fourth-order valence-electron chi connectivity index (χ4n) is 2.33. The van der Waals surface area contributed by atoms with Gasteiger partial charge in [-0.25, -0.2) is 0 Å². The molecule has 0 fully saturated rings. The SMILES string of the molecule is Cc1cc(CC(=O)O)n(C)c1C(=O)c1cc(Br)cc(Br)c1Br. The Morgan fingerprint density at radius 1 is 1.18 bits per heavy atom. The van der Waals surface area contributed by atoms with Crippen LogP contribution in [0.15, 0.2) is 31.6 Å². The van der Waals surface area contributed by atoms with Crippen molar-refractivity contribution in [3.8, 4) is 0 Å². The lowest BCUT2D eigenvalue weighted by Gasteiger charge is -2.10. The van der Waals surface area contributed by atoms with Gasteiger partial charge in [0.25, 0.3) is 0 Å². The van der Waals surface area contributed by atoms with Gasteiger partial charge >= 0.3 is 5.97 Å². The van der Waals surface area contributed by atoms with Gasteiger partial charge in [0, 0.05) is 31.7 Å². The van der Waals surface area contributed by atoms with E-state index in [1.54, 1.807) is 30.7 Å². The number of rotatable bonds is 4. The number of carbonyl (C=O) groups is 2. The molecule has 2 aromatic rings. The number of ketones is 1. The van der Waals surface area contributed by atoms with Crippen LogP contribution in [-0.2, 0) is 18.3 Å². The predicted octanol–water partition coefficient (Wildman–Crippen LogP) is 4.48. The highest BCUT2D eigenvalue weighted by Crippen LogP contribution is 2.33. The van der Waals surface area contributed by atoms with Gasteiger partial charge in [-0.05, 0) is 62.5 Å². The lowest BCUT2D eigenvalue weighted by molar-refractivity contribution is -0.136. The molecule has 0 aliphatic rings. The summed E-state index contributed by atoms with van der Waals surface area (Å²) in [6.07, 6.45) is -0.117. The molecule has 1 heterocycles. The molecular formula is C15H12Br3NO3. The van der Waals surface area contributed by atoms with E-state index in [-0.39, 0.29) is 12.2 Å². The summed E-state index contributed by atoms with van der Waals surface area (Å²) >= 11 is 10.2. The van der Waals surface area contributed by atoms with Gasteiger partial charge in [0.1, 0.15) is 0 Å². The van der Waals surface area contributed by atoms with Crippen LogP contribution in [0.5, 0.6) is 0 Å². The van der Waals surface area contributed by atoms with E-state index in [9.17, 15) is 9.59 Å². The van der Waals surface area contributed by atoms with Crippen molar-refractivity contribution in [3.63, 3.8) is 0 Å². The minimum atomic E-state index is -0.925. The molecule has 0 unspecified atom stereocenters. The monoisotopic (exact) mass is 491 g/mol. The predicted molar refractivity (Wildman–Crippen MR) is 94.5 cm³/mol. The fourth-order valence-corrected chi connectivity index (χ4v) is 3.96. The number of aromatic nitrogens is 1. The molecule has 0 saturated carbocycles. The van der Waals surface area contributed by atoms with Crippen LogP contribution in [0.4, 0.5) is 0 Å². The lowest BCUT2D eigenvalue weighted by atomic mass is 10.1. The van der Waals surface area contributed by atoms with Crippen molar-refractivity contribution in [1.82, 2.24) is 4.57 Å². The Morgan fingerprint density at radius 3 is 2.41 bits per heavy atom. The largest absolute Gasteiger partial charge is 0.481 e. The molecule has 1 aromatic heterocycles. The van der Waals surface area contributed by atoms with Gasteiger partial charge in [-0.15, -0.1) is 0 Å². The summed E-state index contributed by atoms with van der Waals surface area (Å²) in [5.41, 5.74) is 2.35. The zero-order valence-corrected chi connectivity index (χ0v) is 16.5. The van der Waals surface area contributed by atoms with Gasteiger partial charge in [0.15, 0.2) is 0 Å². The molecule has 0 atom stereocenters. The average Bonchev–Trinajstić information content (AvgIpc) is 2.67. The Morgan fingerprint density at radius 2 is 1.82 bits per heavy atom. The molecule has 0 saturated heterocycles. The highest BCUT2D eigenvalue weighted by atomic mass is 79.9. The van der Waals surface area contributed by atoms with E-state index >= 15 is 0 Å². The van der Waals surface area contributed by atoms with Gasteiger partial charge in [-0.3, -0.25) is 9.59 Å². The molecule has 0 bridgehead atoms. The number of aryl methyl sites for hydroxylation is 1. The first kappa shape index (κ1) is 17.4. The molecule has 1 N–H and O–H groups in total. The first-order valence-electron chi connectivity index (χ1n) is 6.28. The maximum atomic E-state index is 12.9. The number of hydrogen-bond acceptors (Lipinski definition) is 2. The number of benzene rings is 1. The average molecular weight is 494 g/mol. The number of nitrogens with zero attached hydrogens (tertiary/aromatic N) is 1. The maximum Gasteiger partial charge on any atom is 0.309 e. The molecule has 116 valence electrons. The van der Waals surface area contributed by atoms with E-state index in [2.05, 4.69) is 47.8 Å². The van der Waals surface area contributed by atoms with Crippen LogP contribution >= 0.6 is 47.8 Å². The zero-order valence-electron chi connectivity index (χ0n) is 11.8. The molecule has 0 aliphatic carbocycles. The minimum Gasteiger partial charge on any atom is -0.481 e. The maximum absolute atomic E-state index is 12.9. The summed E-state index contributed by atoms with van der Waals surface area (Å²) in [4.78, 5) is 23.8. The second-order valence-corrected chi connectivity index (χ2v) is 7.44. The Bertz CT molecular complexity index is 781. The standard InChI is InChI=1S/C15H12Br3NO3/c1-7-3-9(6-12(20)21)19(2)14(7)15(22)10-4-8(16)5-11(17)13(10)18/h3-5H,6H2,1-2H3,(H,20,21). The number of halogens is 3. The number of carboxylic acid groups (broad SMARTS) is 1. The van der Waals surface area contributed by atoms with Gasteiger partial charge < -0.3 is 9.67 Å². The van der Waals surface area contributed by atoms with Crippen molar-refractivity contribution in [2.24, 2.45) is 7.05 Å². The first-order valence-corrected chi connectivity index (χ1v) is 8.66. The summed E-state index contributed by atoms with van der Waals surface area (Å²) in [6, 6.07) is 5.32. The first-order chi connectivity index (χ1) is 10.2. The normalized spacial score (nSPS) is 10.8. The van der Waals surface area contributed by atoms with Crippen molar-refractivity contribution < 1.29 is 14.7 Å². The van der Waals surface area contributed by atoms with Crippen molar-refractivity contribution >= 4 is 59.5 Å². The van der Waals surface area contributed by atoms with Gasteiger partial charge in [-0.2, -0.15) is 0 Å². The minimum absolute atomic E-state index is 0.117. The summed E-state index contributed by atoms with van der Waals surface area (Å²) < 4.78 is 3.86. The van der Waals surface area contributed by atoms with Gasteiger partial charge in [0.05, 0.1) is 12.1 Å². The van der Waals surface area contributed by atoms with Gasteiger partial charge in [0.2, 0.25) is 5.78 Å². The fraction of sp³-hybridized carbons (Fsp3) is 0.200. The molecule has 4 nitrogen and oxygen atoms in total. The molecule has 2 rings (SSSR count). The van der Waals surface area contributed by atoms with Crippen LogP contribution in [0.1, 0.15) is 27.3 Å². The van der Waals surface area contributed by atoms with Crippen molar-refractivity contribution in [1.29, 1.82) is 0 Å². The molecule has 22 heavy (non-hydrogen) atoms. The van der Waals surface area contributed by atoms with E-state index in [1.165, 1.54) is 0 Å². The highest BCUT2D eigenvalue weighted by Gasteiger charge is 2.22. The molecule has 0 aliphatic heterocycles. The van der Waals surface area contributed by atoms with Crippen molar-refractivity contribution in [3.05, 3.63) is 54.1 Å². The zero-order chi connectivity index (χ0) is 16.6. The third kappa shape index (κ3) is 3.36. The van der Waals surface area contributed by atoms with Crippen molar-refractivity contribution in [2.45, 2.75) is 13.3 Å². The lowest BCUT2D eigenvalue weighted by Crippen LogP contribution is -2.13. The number of hydrogen-bond donors (Lipinski definition) is 1. The molecule has 0 amide bonds. The number of aliphatic carboxylic acids is 1. The van der Waals surface area contributed by atoms with E-state index in [4.69, 9.17) is 5.11 Å². The van der Waals surface area contributed by atoms with Crippen molar-refractivity contribution in [2.75, 3.05) is 0 Å². The number of carboxylic acids is 1. The molecular weight excluding hydrogens is 482 g/mol. The number of carbonyl (C=O) groups excluding carboxylic acids is 1. The van der Waals surface area contributed by atoms with E-state index in [1.807, 2.05) is 6.07 Å². The second kappa shape index (κ2) is 6.68. The quantitative estimate of drug-likeness (QED) is 0.504. The Kier molecular flexibility index (Phi) is 5.29. The third-order valence-corrected chi connectivity index (χ3v) is 5.78. The Hall–Kier alpha value is -0.920. The van der Waals surface area contributed by atoms with E-state index < -0.39 is 5.97 Å². The molecule has 7 heteroatoms. The highest BCUT2D eigenvalue weighted by molar-refractivity contribution is 9.13. The summed E-state index contributed by atoms with van der Waals surface area (Å²) in [5.74, 6) is -1.09. The second-order valence-electron chi connectivity index (χ2n) is 4.88. The third-order valence-electron chi connectivity index (χ3n) is 3.31. The van der Waals surface area contributed by atoms with E-state index in [0.29, 0.717) is 21.4 Å². The van der Waals surface area contributed by atoms with Crippen LogP contribution in [0.2, 0.25) is 0 Å².